The minimum atomic E-state index is -0.296. The van der Waals surface area contributed by atoms with Crippen molar-refractivity contribution < 1.29 is 5.02 Å². The Balaban J connectivity index is 1.42. The molecule has 0 aromatic heterocycles. The lowest BCUT2D eigenvalue weighted by Gasteiger charge is -2.43. The number of hydrogen-bond donors (Lipinski definition) is 1. The van der Waals surface area contributed by atoms with E-state index in [0.717, 1.165) is 38.8 Å². The molecule has 2 aliphatic rings. The molecule has 0 aliphatic carbocycles. The van der Waals surface area contributed by atoms with Crippen LogP contribution in [0, 0.1) is 0 Å². The molecule has 3 rings (SSSR count). The van der Waals surface area contributed by atoms with E-state index < -0.39 is 0 Å². The van der Waals surface area contributed by atoms with E-state index in [1.807, 2.05) is 6.82 Å². The minimum Gasteiger partial charge on any atom is -0.437 e. The number of piperidine rings is 1. The first kappa shape index (κ1) is 16.0. The Bertz CT molecular complexity index is 440. The zero-order chi connectivity index (χ0) is 15.4. The van der Waals surface area contributed by atoms with Gasteiger partial charge >= 0.3 is 7.05 Å². The zero-order valence-electron chi connectivity index (χ0n) is 13.7. The highest BCUT2D eigenvalue weighted by Gasteiger charge is 2.29. The average molecular weight is 301 g/mol. The van der Waals surface area contributed by atoms with Crippen molar-refractivity contribution in [2.45, 2.75) is 32.3 Å². The molecule has 120 valence electrons. The van der Waals surface area contributed by atoms with Gasteiger partial charge in [-0.05, 0) is 38.3 Å². The van der Waals surface area contributed by atoms with Crippen molar-refractivity contribution in [2.75, 3.05) is 39.3 Å². The Labute approximate surface area is 134 Å². The summed E-state index contributed by atoms with van der Waals surface area (Å²) in [6, 6.07) is 11.5. The van der Waals surface area contributed by atoms with E-state index in [-0.39, 0.29) is 7.05 Å². The Morgan fingerprint density at radius 3 is 2.23 bits per heavy atom. The predicted molar refractivity (Wildman–Crippen MR) is 91.7 cm³/mol. The zero-order valence-corrected chi connectivity index (χ0v) is 13.7. The van der Waals surface area contributed by atoms with E-state index in [9.17, 15) is 5.02 Å². The fourth-order valence-corrected chi connectivity index (χ4v) is 3.76. The fraction of sp³-hybridized carbons (Fsp3) is 0.647. The number of piperazine rings is 1. The number of rotatable bonds is 4. The molecule has 1 aromatic rings. The van der Waals surface area contributed by atoms with Gasteiger partial charge in [0.15, 0.2) is 0 Å². The van der Waals surface area contributed by atoms with E-state index in [0.29, 0.717) is 0 Å². The first-order valence-corrected chi connectivity index (χ1v) is 8.65. The molecule has 0 spiro atoms. The molecule has 1 N–H and O–H groups in total. The van der Waals surface area contributed by atoms with Crippen LogP contribution >= 0.6 is 0 Å². The van der Waals surface area contributed by atoms with Gasteiger partial charge in [0.1, 0.15) is 0 Å². The number of likely N-dealkylation sites (tertiary alicyclic amines) is 1. The van der Waals surface area contributed by atoms with Gasteiger partial charge in [-0.25, -0.2) is 0 Å². The van der Waals surface area contributed by atoms with Crippen molar-refractivity contribution in [1.29, 1.82) is 0 Å². The van der Waals surface area contributed by atoms with Crippen molar-refractivity contribution in [3.63, 3.8) is 0 Å². The summed E-state index contributed by atoms with van der Waals surface area (Å²) in [5.74, 6) is 0. The molecule has 0 atom stereocenters. The molecule has 0 amide bonds. The normalized spacial score (nSPS) is 22.8. The molecular weight excluding hydrogens is 273 g/mol. The maximum Gasteiger partial charge on any atom is 0.376 e. The topological polar surface area (TPSA) is 30.0 Å². The van der Waals surface area contributed by atoms with Gasteiger partial charge in [-0.1, -0.05) is 30.3 Å². The molecule has 2 fully saturated rings. The van der Waals surface area contributed by atoms with Crippen LogP contribution in [0.15, 0.2) is 30.3 Å². The van der Waals surface area contributed by atoms with Crippen LogP contribution < -0.4 is 0 Å². The smallest absolute Gasteiger partial charge is 0.376 e. The molecule has 22 heavy (non-hydrogen) atoms. The van der Waals surface area contributed by atoms with Crippen LogP contribution in [0.25, 0.3) is 0 Å². The van der Waals surface area contributed by atoms with Crippen molar-refractivity contribution in [3.05, 3.63) is 35.9 Å². The number of hydrogen-bond acceptors (Lipinski definition) is 4. The first-order valence-electron chi connectivity index (χ1n) is 8.65. The van der Waals surface area contributed by atoms with Crippen molar-refractivity contribution in [2.24, 2.45) is 0 Å². The Morgan fingerprint density at radius 2 is 1.64 bits per heavy atom. The molecule has 0 saturated carbocycles. The second kappa shape index (κ2) is 7.60. The van der Waals surface area contributed by atoms with E-state index >= 15 is 0 Å². The number of nitrogens with zero attached hydrogens (tertiary/aromatic N) is 3. The highest BCUT2D eigenvalue weighted by Crippen LogP contribution is 2.20. The van der Waals surface area contributed by atoms with Crippen molar-refractivity contribution in [3.8, 4) is 0 Å². The van der Waals surface area contributed by atoms with Gasteiger partial charge in [0.2, 0.25) is 0 Å². The summed E-state index contributed by atoms with van der Waals surface area (Å²) in [5.41, 5.74) is 1.42. The summed E-state index contributed by atoms with van der Waals surface area (Å²) >= 11 is 0. The third-order valence-corrected chi connectivity index (χ3v) is 5.20. The minimum absolute atomic E-state index is 0.296. The predicted octanol–water partition coefficient (Wildman–Crippen LogP) is 1.38. The van der Waals surface area contributed by atoms with Crippen LogP contribution in [0.4, 0.5) is 0 Å². The van der Waals surface area contributed by atoms with Crippen LogP contribution in [-0.2, 0) is 6.54 Å². The Hall–Kier alpha value is -0.875. The molecule has 4 nitrogen and oxygen atoms in total. The van der Waals surface area contributed by atoms with Crippen LogP contribution in [-0.4, -0.2) is 72.0 Å². The third-order valence-electron chi connectivity index (χ3n) is 5.20. The van der Waals surface area contributed by atoms with Gasteiger partial charge in [-0.2, -0.15) is 0 Å². The van der Waals surface area contributed by atoms with Gasteiger partial charge in [0, 0.05) is 38.8 Å². The van der Waals surface area contributed by atoms with E-state index in [4.69, 9.17) is 0 Å². The van der Waals surface area contributed by atoms with Crippen molar-refractivity contribution in [1.82, 2.24) is 14.6 Å². The van der Waals surface area contributed by atoms with Gasteiger partial charge in [-0.3, -0.25) is 9.80 Å². The molecule has 0 radical (unpaired) electrons. The molecule has 5 heteroatoms. The monoisotopic (exact) mass is 301 g/mol. The lowest BCUT2D eigenvalue weighted by molar-refractivity contribution is 0.0747. The average Bonchev–Trinajstić information content (AvgIpc) is 2.57. The molecule has 0 unspecified atom stereocenters. The largest absolute Gasteiger partial charge is 0.437 e. The van der Waals surface area contributed by atoms with Gasteiger partial charge < -0.3 is 9.83 Å². The molecule has 2 heterocycles. The van der Waals surface area contributed by atoms with E-state index in [1.54, 1.807) is 0 Å². The summed E-state index contributed by atoms with van der Waals surface area (Å²) in [4.78, 5) is 7.39. The molecule has 0 bridgehead atoms. The van der Waals surface area contributed by atoms with Gasteiger partial charge in [0.25, 0.3) is 0 Å². The molecule has 2 aliphatic heterocycles. The number of benzene rings is 1. The van der Waals surface area contributed by atoms with Gasteiger partial charge in [0.05, 0.1) is 0 Å². The lowest BCUT2D eigenvalue weighted by Crippen LogP contribution is -2.55. The lowest BCUT2D eigenvalue weighted by atomic mass is 9.84. The summed E-state index contributed by atoms with van der Waals surface area (Å²) in [5, 5.41) is 9.65. The van der Waals surface area contributed by atoms with Crippen LogP contribution in [0.3, 0.4) is 0 Å². The van der Waals surface area contributed by atoms with Gasteiger partial charge in [-0.15, -0.1) is 0 Å². The highest BCUT2D eigenvalue weighted by atomic mass is 16.2. The van der Waals surface area contributed by atoms with Crippen molar-refractivity contribution >= 4 is 7.05 Å². The fourth-order valence-electron chi connectivity index (χ4n) is 3.76. The third kappa shape index (κ3) is 4.10. The summed E-state index contributed by atoms with van der Waals surface area (Å²) in [6.07, 6.45) is 2.56. The summed E-state index contributed by atoms with van der Waals surface area (Å²) in [6.45, 7) is 9.58. The van der Waals surface area contributed by atoms with Crippen LogP contribution in [0.2, 0.25) is 6.82 Å². The first-order chi connectivity index (χ1) is 10.7. The second-order valence-corrected chi connectivity index (χ2v) is 6.70. The maximum absolute atomic E-state index is 9.65. The standard InChI is InChI=1S/C17H28BN3O/c1-18(22)21-13-11-20(12-14-21)17-7-9-19(10-8-17)15-16-5-3-2-4-6-16/h2-6,17,22H,7-15H2,1H3. The molecule has 1 aromatic carbocycles. The van der Waals surface area contributed by atoms with E-state index in [1.165, 1.54) is 31.5 Å². The SMILES string of the molecule is CB(O)N1CCN(C2CCN(Cc3ccccc3)CC2)CC1. The molecular formula is C17H28BN3O. The van der Waals surface area contributed by atoms with Crippen LogP contribution in [0.1, 0.15) is 18.4 Å². The summed E-state index contributed by atoms with van der Waals surface area (Å²) in [7, 11) is -0.296. The molecule has 2 saturated heterocycles. The van der Waals surface area contributed by atoms with E-state index in [2.05, 4.69) is 44.9 Å². The quantitative estimate of drug-likeness (QED) is 0.851. The Kier molecular flexibility index (Phi) is 5.53. The van der Waals surface area contributed by atoms with Crippen LogP contribution in [0.5, 0.6) is 0 Å². The Morgan fingerprint density at radius 1 is 1.00 bits per heavy atom. The highest BCUT2D eigenvalue weighted by molar-refractivity contribution is 6.45. The maximum atomic E-state index is 9.65. The second-order valence-electron chi connectivity index (χ2n) is 6.70. The summed E-state index contributed by atoms with van der Waals surface area (Å²) < 4.78 is 0.